The average Bonchev–Trinajstić information content (AvgIpc) is 2.01. The van der Waals surface area contributed by atoms with E-state index >= 15 is 0 Å². The van der Waals surface area contributed by atoms with Gasteiger partial charge in [0.1, 0.15) is 0 Å². The number of aliphatic hydroxyl groups excluding tert-OH is 1. The molecule has 0 aromatic carbocycles. The lowest BCUT2D eigenvalue weighted by Crippen LogP contribution is -2.37. The normalized spacial score (nSPS) is 33.2. The minimum Gasteiger partial charge on any atom is -0.392 e. The van der Waals surface area contributed by atoms with Crippen LogP contribution in [0.25, 0.3) is 0 Å². The fraction of sp³-hybridized carbons (Fsp3) is 1.00. The van der Waals surface area contributed by atoms with Gasteiger partial charge in [0.2, 0.25) is 0 Å². The number of rotatable bonds is 3. The second-order valence-corrected chi connectivity index (χ2v) is 4.23. The molecule has 1 fully saturated rings. The lowest BCUT2D eigenvalue weighted by Gasteiger charge is -2.28. The molecule has 2 nitrogen and oxygen atoms in total. The topological polar surface area (TPSA) is 32.3 Å². The first-order valence-corrected chi connectivity index (χ1v) is 5.10. The van der Waals surface area contributed by atoms with Crippen molar-refractivity contribution in [2.45, 2.75) is 51.7 Å². The van der Waals surface area contributed by atoms with Crippen molar-refractivity contribution in [1.82, 2.24) is 5.32 Å². The molecule has 2 heteroatoms. The lowest BCUT2D eigenvalue weighted by molar-refractivity contribution is 0.177. The van der Waals surface area contributed by atoms with Crippen LogP contribution < -0.4 is 5.32 Å². The van der Waals surface area contributed by atoms with Gasteiger partial charge in [-0.3, -0.25) is 0 Å². The summed E-state index contributed by atoms with van der Waals surface area (Å²) in [5, 5.41) is 12.5. The monoisotopic (exact) mass is 171 g/mol. The summed E-state index contributed by atoms with van der Waals surface area (Å²) in [5.74, 6) is 0.866. The second-order valence-electron chi connectivity index (χ2n) is 4.23. The van der Waals surface area contributed by atoms with Gasteiger partial charge in [-0.05, 0) is 25.7 Å². The Kier molecular flexibility index (Phi) is 4.02. The summed E-state index contributed by atoms with van der Waals surface area (Å²) in [7, 11) is 0. The van der Waals surface area contributed by atoms with Crippen LogP contribution in [0.3, 0.4) is 0 Å². The number of nitrogens with one attached hydrogen (secondary N) is 1. The quantitative estimate of drug-likeness (QED) is 0.675. The lowest BCUT2D eigenvalue weighted by atomic mass is 9.87. The van der Waals surface area contributed by atoms with Gasteiger partial charge in [0.05, 0.1) is 6.10 Å². The second kappa shape index (κ2) is 4.83. The minimum atomic E-state index is -0.206. The number of aliphatic hydroxyl groups is 1. The minimum absolute atomic E-state index is 0.206. The van der Waals surface area contributed by atoms with E-state index in [0.29, 0.717) is 6.04 Å². The fourth-order valence-corrected chi connectivity index (χ4v) is 1.96. The Labute approximate surface area is 75.4 Å². The van der Waals surface area contributed by atoms with Crippen LogP contribution in [0.1, 0.15) is 39.5 Å². The molecule has 72 valence electrons. The molecular weight excluding hydrogens is 150 g/mol. The van der Waals surface area contributed by atoms with Gasteiger partial charge in [0.25, 0.3) is 0 Å². The first-order valence-electron chi connectivity index (χ1n) is 5.10. The summed E-state index contributed by atoms with van der Waals surface area (Å²) in [6, 6.07) is 0.656. The van der Waals surface area contributed by atoms with Crippen LogP contribution in [0.2, 0.25) is 0 Å². The summed E-state index contributed by atoms with van der Waals surface area (Å²) in [4.78, 5) is 0. The zero-order chi connectivity index (χ0) is 8.97. The molecule has 0 heterocycles. The van der Waals surface area contributed by atoms with Gasteiger partial charge < -0.3 is 10.4 Å². The molecule has 12 heavy (non-hydrogen) atoms. The van der Waals surface area contributed by atoms with E-state index in [1.54, 1.807) is 0 Å². The largest absolute Gasteiger partial charge is 0.392 e. The summed E-state index contributed by atoms with van der Waals surface area (Å²) in [6.45, 7) is 4.90. The Hall–Kier alpha value is -0.0800. The Balaban J connectivity index is 2.14. The Bertz CT molecular complexity index is 125. The Morgan fingerprint density at radius 1 is 1.50 bits per heavy atom. The van der Waals surface area contributed by atoms with Crippen LogP contribution in [0.5, 0.6) is 0 Å². The van der Waals surface area contributed by atoms with Gasteiger partial charge in [0, 0.05) is 12.6 Å². The van der Waals surface area contributed by atoms with Crippen molar-refractivity contribution < 1.29 is 5.11 Å². The van der Waals surface area contributed by atoms with Gasteiger partial charge in [-0.15, -0.1) is 0 Å². The van der Waals surface area contributed by atoms with Crippen molar-refractivity contribution in [3.05, 3.63) is 0 Å². The Morgan fingerprint density at radius 2 is 2.25 bits per heavy atom. The smallest absolute Gasteiger partial charge is 0.0636 e. The third-order valence-electron chi connectivity index (χ3n) is 2.64. The molecule has 0 amide bonds. The molecule has 1 aliphatic rings. The molecule has 1 saturated carbocycles. The molecule has 0 aromatic heterocycles. The molecule has 0 aliphatic heterocycles. The van der Waals surface area contributed by atoms with Crippen LogP contribution in [0.4, 0.5) is 0 Å². The molecule has 0 aromatic rings. The van der Waals surface area contributed by atoms with E-state index in [1.165, 1.54) is 25.7 Å². The van der Waals surface area contributed by atoms with Crippen LogP contribution in [-0.4, -0.2) is 23.8 Å². The van der Waals surface area contributed by atoms with E-state index in [2.05, 4.69) is 12.2 Å². The molecule has 3 atom stereocenters. The summed E-state index contributed by atoms with van der Waals surface area (Å²) < 4.78 is 0. The van der Waals surface area contributed by atoms with E-state index in [4.69, 9.17) is 5.11 Å². The van der Waals surface area contributed by atoms with Gasteiger partial charge in [0.15, 0.2) is 0 Å². The maximum atomic E-state index is 9.09. The third-order valence-corrected chi connectivity index (χ3v) is 2.64. The van der Waals surface area contributed by atoms with Crippen LogP contribution in [0, 0.1) is 5.92 Å². The molecule has 2 N–H and O–H groups in total. The first-order chi connectivity index (χ1) is 5.68. The zero-order valence-corrected chi connectivity index (χ0v) is 8.21. The van der Waals surface area contributed by atoms with E-state index in [9.17, 15) is 0 Å². The molecule has 1 rings (SSSR count). The maximum absolute atomic E-state index is 9.09. The van der Waals surface area contributed by atoms with Crippen LogP contribution in [-0.2, 0) is 0 Å². The highest BCUT2D eigenvalue weighted by molar-refractivity contribution is 4.76. The van der Waals surface area contributed by atoms with Crippen LogP contribution in [0.15, 0.2) is 0 Å². The van der Waals surface area contributed by atoms with Gasteiger partial charge >= 0.3 is 0 Å². The van der Waals surface area contributed by atoms with Crippen molar-refractivity contribution in [2.75, 3.05) is 6.54 Å². The van der Waals surface area contributed by atoms with E-state index < -0.39 is 0 Å². The summed E-state index contributed by atoms with van der Waals surface area (Å²) >= 11 is 0. The molecule has 0 radical (unpaired) electrons. The van der Waals surface area contributed by atoms with Crippen molar-refractivity contribution in [3.63, 3.8) is 0 Å². The highest BCUT2D eigenvalue weighted by Gasteiger charge is 2.18. The zero-order valence-electron chi connectivity index (χ0n) is 8.21. The van der Waals surface area contributed by atoms with E-state index in [-0.39, 0.29) is 6.10 Å². The molecule has 0 bridgehead atoms. The Morgan fingerprint density at radius 3 is 2.83 bits per heavy atom. The van der Waals surface area contributed by atoms with E-state index in [1.807, 2.05) is 6.92 Å². The average molecular weight is 171 g/mol. The molecular formula is C10H21NO. The highest BCUT2D eigenvalue weighted by atomic mass is 16.3. The maximum Gasteiger partial charge on any atom is 0.0636 e. The molecule has 0 unspecified atom stereocenters. The van der Waals surface area contributed by atoms with Gasteiger partial charge in [-0.25, -0.2) is 0 Å². The molecule has 0 saturated heterocycles. The number of hydrogen-bond donors (Lipinski definition) is 2. The van der Waals surface area contributed by atoms with Crippen molar-refractivity contribution in [1.29, 1.82) is 0 Å². The van der Waals surface area contributed by atoms with Gasteiger partial charge in [-0.2, -0.15) is 0 Å². The molecule has 1 aliphatic carbocycles. The van der Waals surface area contributed by atoms with Crippen molar-refractivity contribution in [3.8, 4) is 0 Å². The highest BCUT2D eigenvalue weighted by Crippen LogP contribution is 2.23. The van der Waals surface area contributed by atoms with Crippen LogP contribution >= 0.6 is 0 Å². The SMILES string of the molecule is C[C@@H]1CCC[C@@H](NC[C@H](C)O)C1. The number of hydrogen-bond acceptors (Lipinski definition) is 2. The third kappa shape index (κ3) is 3.55. The summed E-state index contributed by atoms with van der Waals surface area (Å²) in [5.41, 5.74) is 0. The first kappa shape index (κ1) is 10.0. The predicted octanol–water partition coefficient (Wildman–Crippen LogP) is 1.54. The van der Waals surface area contributed by atoms with Crippen molar-refractivity contribution >= 4 is 0 Å². The fourth-order valence-electron chi connectivity index (χ4n) is 1.96. The van der Waals surface area contributed by atoms with E-state index in [0.717, 1.165) is 12.5 Å². The standard InChI is InChI=1S/C10H21NO/c1-8-4-3-5-10(6-8)11-7-9(2)12/h8-12H,3-7H2,1-2H3/t8-,9+,10-/m1/s1. The summed E-state index contributed by atoms with van der Waals surface area (Å²) in [6.07, 6.45) is 5.09. The van der Waals surface area contributed by atoms with Gasteiger partial charge in [-0.1, -0.05) is 19.8 Å². The van der Waals surface area contributed by atoms with Crippen molar-refractivity contribution in [2.24, 2.45) is 5.92 Å². The predicted molar refractivity (Wildman–Crippen MR) is 51.1 cm³/mol. The molecule has 0 spiro atoms.